The van der Waals surface area contributed by atoms with Crippen LogP contribution in [0.15, 0.2) is 23.8 Å². The molecule has 1 aliphatic heterocycles. The molecule has 1 aromatic heterocycles. The van der Waals surface area contributed by atoms with Crippen LogP contribution >= 0.6 is 0 Å². The minimum atomic E-state index is -0.925. The first-order valence-corrected chi connectivity index (χ1v) is 13.2. The van der Waals surface area contributed by atoms with Crippen molar-refractivity contribution in [3.8, 4) is 11.5 Å². The fraction of sp³-hybridized carbons (Fsp3) is 0.483. The van der Waals surface area contributed by atoms with Crippen LogP contribution in [0.3, 0.4) is 0 Å². The number of hydrogen-bond donors (Lipinski definition) is 2. The van der Waals surface area contributed by atoms with Crippen LogP contribution in [0.1, 0.15) is 66.1 Å². The van der Waals surface area contributed by atoms with E-state index in [0.29, 0.717) is 41.3 Å². The Bertz CT molecular complexity index is 1260. The third-order valence-corrected chi connectivity index (χ3v) is 7.19. The van der Waals surface area contributed by atoms with Crippen LogP contribution in [0, 0.1) is 13.8 Å². The van der Waals surface area contributed by atoms with Gasteiger partial charge in [-0.05, 0) is 58.5 Å². The normalized spacial score (nSPS) is 16.7. The number of aliphatic hydroxyl groups excluding tert-OH is 1. The molecule has 2 N–H and O–H groups in total. The molecular weight excluding hydrogens is 502 g/mol. The summed E-state index contributed by atoms with van der Waals surface area (Å²) in [4.78, 5) is 46.2. The van der Waals surface area contributed by atoms with Crippen LogP contribution < -0.4 is 9.47 Å². The summed E-state index contributed by atoms with van der Waals surface area (Å²) in [6.07, 6.45) is 0.632. The molecule has 2 aromatic rings. The molecule has 10 nitrogen and oxygen atoms in total. The van der Waals surface area contributed by atoms with E-state index in [0.717, 1.165) is 19.6 Å². The quantitative estimate of drug-likeness (QED) is 0.179. The van der Waals surface area contributed by atoms with Crippen molar-refractivity contribution in [2.75, 3.05) is 47.0 Å². The van der Waals surface area contributed by atoms with Gasteiger partial charge in [0.2, 0.25) is 0 Å². The van der Waals surface area contributed by atoms with Crippen LogP contribution in [-0.4, -0.2) is 84.6 Å². The Kier molecular flexibility index (Phi) is 9.80. The van der Waals surface area contributed by atoms with E-state index in [-0.39, 0.29) is 29.2 Å². The number of benzene rings is 1. The second kappa shape index (κ2) is 12.8. The van der Waals surface area contributed by atoms with E-state index in [2.05, 4.69) is 23.7 Å². The van der Waals surface area contributed by atoms with Gasteiger partial charge in [0.25, 0.3) is 11.7 Å². The molecular formula is C29H39N3O7. The van der Waals surface area contributed by atoms with E-state index in [1.165, 1.54) is 19.1 Å². The van der Waals surface area contributed by atoms with Crippen molar-refractivity contribution < 1.29 is 33.7 Å². The van der Waals surface area contributed by atoms with Crippen LogP contribution in [0.5, 0.6) is 11.5 Å². The summed E-state index contributed by atoms with van der Waals surface area (Å²) >= 11 is 0. The second-order valence-corrected chi connectivity index (χ2v) is 9.30. The van der Waals surface area contributed by atoms with E-state index in [1.54, 1.807) is 39.0 Å². The minimum absolute atomic E-state index is 0.0741. The van der Waals surface area contributed by atoms with Crippen molar-refractivity contribution in [1.29, 1.82) is 0 Å². The first kappa shape index (κ1) is 29.8. The molecule has 39 heavy (non-hydrogen) atoms. The summed E-state index contributed by atoms with van der Waals surface area (Å²) in [6, 6.07) is 4.30. The lowest BCUT2D eigenvalue weighted by Gasteiger charge is -2.28. The molecule has 0 saturated carbocycles. The molecule has 0 aliphatic carbocycles. The number of methoxy groups -OCH3 is 2. The number of amides is 1. The number of carbonyl (C=O) groups is 3. The predicted molar refractivity (Wildman–Crippen MR) is 147 cm³/mol. The number of H-pyrrole nitrogens is 1. The number of carbonyl (C=O) groups excluding carboxylic acids is 3. The fourth-order valence-electron chi connectivity index (χ4n) is 5.21. The molecule has 0 bridgehead atoms. The molecule has 1 atom stereocenters. The lowest BCUT2D eigenvalue weighted by molar-refractivity contribution is -0.140. The third kappa shape index (κ3) is 5.66. The van der Waals surface area contributed by atoms with Gasteiger partial charge < -0.3 is 34.1 Å². The lowest BCUT2D eigenvalue weighted by Crippen LogP contribution is -2.33. The smallest absolute Gasteiger partial charge is 0.355 e. The Labute approximate surface area is 229 Å². The predicted octanol–water partition coefficient (Wildman–Crippen LogP) is 3.98. The molecule has 0 spiro atoms. The summed E-state index contributed by atoms with van der Waals surface area (Å²) < 4.78 is 16.3. The molecule has 3 rings (SSSR count). The third-order valence-electron chi connectivity index (χ3n) is 7.19. The average molecular weight is 542 g/mol. The van der Waals surface area contributed by atoms with Crippen LogP contribution in [-0.2, 0) is 14.3 Å². The Morgan fingerprint density at radius 2 is 1.79 bits per heavy atom. The highest BCUT2D eigenvalue weighted by atomic mass is 16.5. The van der Waals surface area contributed by atoms with Gasteiger partial charge in [-0.15, -0.1) is 0 Å². The molecule has 212 valence electrons. The zero-order chi connectivity index (χ0) is 28.9. The van der Waals surface area contributed by atoms with Crippen LogP contribution in [0.25, 0.3) is 5.76 Å². The number of aliphatic hydroxyl groups is 1. The van der Waals surface area contributed by atoms with Gasteiger partial charge in [-0.2, -0.15) is 0 Å². The van der Waals surface area contributed by atoms with E-state index < -0.39 is 23.7 Å². The number of ether oxygens (including phenoxy) is 3. The molecule has 2 heterocycles. The van der Waals surface area contributed by atoms with Gasteiger partial charge in [0.15, 0.2) is 11.5 Å². The van der Waals surface area contributed by atoms with Gasteiger partial charge in [-0.25, -0.2) is 4.79 Å². The average Bonchev–Trinajstić information content (AvgIpc) is 3.37. The number of aromatic nitrogens is 1. The lowest BCUT2D eigenvalue weighted by atomic mass is 9.93. The maximum absolute atomic E-state index is 13.6. The van der Waals surface area contributed by atoms with E-state index in [9.17, 15) is 19.5 Å². The zero-order valence-corrected chi connectivity index (χ0v) is 23.8. The molecule has 0 radical (unpaired) electrons. The Hall–Kier alpha value is -3.79. The van der Waals surface area contributed by atoms with Crippen molar-refractivity contribution in [2.45, 2.75) is 47.1 Å². The number of para-hydroxylation sites is 1. The van der Waals surface area contributed by atoms with Crippen molar-refractivity contribution in [2.24, 2.45) is 0 Å². The van der Waals surface area contributed by atoms with Gasteiger partial charge in [-0.1, -0.05) is 26.0 Å². The van der Waals surface area contributed by atoms with Crippen molar-refractivity contribution in [3.63, 3.8) is 0 Å². The SMILES string of the molecule is CCOC(=O)c1[nH]c(C)c(C(O)=C2C(=O)C(=O)N(CCCN(CC)CC)C2c2cccc(OC)c2OC)c1C. The second-order valence-electron chi connectivity index (χ2n) is 9.30. The van der Waals surface area contributed by atoms with Crippen molar-refractivity contribution >= 4 is 23.4 Å². The Morgan fingerprint density at radius 3 is 2.38 bits per heavy atom. The number of nitrogens with one attached hydrogen (secondary N) is 1. The summed E-state index contributed by atoms with van der Waals surface area (Å²) in [7, 11) is 2.99. The van der Waals surface area contributed by atoms with Crippen LogP contribution in [0.2, 0.25) is 0 Å². The molecule has 1 aliphatic rings. The topological polar surface area (TPSA) is 121 Å². The van der Waals surface area contributed by atoms with Gasteiger partial charge in [0, 0.05) is 23.4 Å². The first-order chi connectivity index (χ1) is 18.7. The van der Waals surface area contributed by atoms with Crippen molar-refractivity contribution in [1.82, 2.24) is 14.8 Å². The largest absolute Gasteiger partial charge is 0.507 e. The summed E-state index contributed by atoms with van der Waals surface area (Å²) in [6.45, 7) is 12.2. The van der Waals surface area contributed by atoms with E-state index in [4.69, 9.17) is 14.2 Å². The monoisotopic (exact) mass is 541 g/mol. The van der Waals surface area contributed by atoms with Gasteiger partial charge >= 0.3 is 5.97 Å². The van der Waals surface area contributed by atoms with Crippen LogP contribution in [0.4, 0.5) is 0 Å². The number of aromatic amines is 1. The number of likely N-dealkylation sites (tertiary alicyclic amines) is 1. The highest BCUT2D eigenvalue weighted by Gasteiger charge is 2.47. The number of ketones is 1. The standard InChI is InChI=1S/C29H39N3O7/c1-8-31(9-2)15-12-16-32-24(19-13-11-14-20(37-6)27(19)38-7)22(26(34)28(32)35)25(33)21-17(4)23(30-18(21)5)29(36)39-10-3/h11,13-14,24,30,33H,8-10,12,15-16H2,1-7H3. The van der Waals surface area contributed by atoms with Gasteiger partial charge in [-0.3, -0.25) is 9.59 Å². The molecule has 1 unspecified atom stereocenters. The zero-order valence-electron chi connectivity index (χ0n) is 23.8. The number of hydrogen-bond acceptors (Lipinski definition) is 8. The summed E-state index contributed by atoms with van der Waals surface area (Å²) in [5.74, 6) is -1.65. The molecule has 1 fully saturated rings. The number of Topliss-reactive ketones (excluding diaryl/α,β-unsaturated/α-hetero) is 1. The Balaban J connectivity index is 2.21. The number of aryl methyl sites for hydroxylation is 1. The molecule has 1 aromatic carbocycles. The van der Waals surface area contributed by atoms with Crippen molar-refractivity contribution in [3.05, 3.63) is 51.9 Å². The van der Waals surface area contributed by atoms with Gasteiger partial charge in [0.1, 0.15) is 11.5 Å². The Morgan fingerprint density at radius 1 is 1.10 bits per heavy atom. The highest BCUT2D eigenvalue weighted by Crippen LogP contribution is 2.46. The molecule has 1 saturated heterocycles. The maximum atomic E-state index is 13.6. The first-order valence-electron chi connectivity index (χ1n) is 13.2. The summed E-state index contributed by atoms with van der Waals surface area (Å²) in [5.41, 5.74) is 1.79. The molecule has 10 heteroatoms. The summed E-state index contributed by atoms with van der Waals surface area (Å²) in [5, 5.41) is 11.7. The highest BCUT2D eigenvalue weighted by molar-refractivity contribution is 6.46. The minimum Gasteiger partial charge on any atom is -0.507 e. The number of rotatable bonds is 12. The van der Waals surface area contributed by atoms with E-state index in [1.807, 2.05) is 0 Å². The molecule has 1 amide bonds. The number of nitrogens with zero attached hydrogens (tertiary/aromatic N) is 2. The van der Waals surface area contributed by atoms with E-state index >= 15 is 0 Å². The fourth-order valence-corrected chi connectivity index (χ4v) is 5.21. The maximum Gasteiger partial charge on any atom is 0.355 e. The number of esters is 1. The van der Waals surface area contributed by atoms with Gasteiger partial charge in [0.05, 0.1) is 32.4 Å².